The molecule has 2 aliphatic heterocycles. The molecule has 1 aromatic rings. The number of ketones is 1. The Labute approximate surface area is 148 Å². The van der Waals surface area contributed by atoms with Gasteiger partial charge in [-0.25, -0.2) is 8.42 Å². The second-order valence-electron chi connectivity index (χ2n) is 6.82. The van der Waals surface area contributed by atoms with Crippen molar-refractivity contribution in [2.75, 3.05) is 19.6 Å². The Morgan fingerprint density at radius 2 is 1.68 bits per heavy atom. The van der Waals surface area contributed by atoms with E-state index < -0.39 is 10.0 Å². The van der Waals surface area contributed by atoms with Gasteiger partial charge in [-0.2, -0.15) is 4.31 Å². The fraction of sp³-hybridized carbons (Fsp3) is 0.556. The first-order chi connectivity index (χ1) is 11.9. The first-order valence-corrected chi connectivity index (χ1v) is 10.3. The highest BCUT2D eigenvalue weighted by molar-refractivity contribution is 7.89. The summed E-state index contributed by atoms with van der Waals surface area (Å²) in [7, 11) is -3.52. The average molecular weight is 364 g/mol. The summed E-state index contributed by atoms with van der Waals surface area (Å²) < 4.78 is 27.2. The average Bonchev–Trinajstić information content (AvgIpc) is 2.62. The summed E-state index contributed by atoms with van der Waals surface area (Å²) in [5.74, 6) is 0.0314. The van der Waals surface area contributed by atoms with Crippen LogP contribution in [0.4, 0.5) is 0 Å². The number of rotatable bonds is 3. The van der Waals surface area contributed by atoms with Crippen molar-refractivity contribution in [3.8, 4) is 0 Å². The maximum atomic E-state index is 12.8. The molecular weight excluding hydrogens is 340 g/mol. The van der Waals surface area contributed by atoms with E-state index in [9.17, 15) is 18.0 Å². The van der Waals surface area contributed by atoms with Gasteiger partial charge in [0.1, 0.15) is 5.78 Å². The number of carbonyl (C=O) groups excluding carboxylic acids is 2. The normalized spacial score (nSPS) is 22.8. The Bertz CT molecular complexity index is 748. The molecule has 0 N–H and O–H groups in total. The molecule has 2 aliphatic rings. The van der Waals surface area contributed by atoms with Crippen LogP contribution in [0.25, 0.3) is 0 Å². The number of benzene rings is 1. The zero-order valence-corrected chi connectivity index (χ0v) is 15.3. The van der Waals surface area contributed by atoms with Crippen LogP contribution < -0.4 is 0 Å². The number of likely N-dealkylation sites (tertiary alicyclic amines) is 1. The molecule has 2 fully saturated rings. The highest BCUT2D eigenvalue weighted by Gasteiger charge is 2.31. The van der Waals surface area contributed by atoms with Crippen LogP contribution in [0, 0.1) is 0 Å². The van der Waals surface area contributed by atoms with Gasteiger partial charge in [-0.15, -0.1) is 0 Å². The van der Waals surface area contributed by atoms with Gasteiger partial charge in [-0.1, -0.05) is 6.42 Å². The Hall–Kier alpha value is -1.73. The molecular formula is C18H24N2O4S. The predicted molar refractivity (Wildman–Crippen MR) is 93.8 cm³/mol. The number of carbonyl (C=O) groups is 2. The fourth-order valence-corrected chi connectivity index (χ4v) is 5.17. The third-order valence-corrected chi connectivity index (χ3v) is 7.09. The summed E-state index contributed by atoms with van der Waals surface area (Å²) in [6.45, 7) is 3.35. The van der Waals surface area contributed by atoms with E-state index in [2.05, 4.69) is 0 Å². The van der Waals surface area contributed by atoms with Crippen molar-refractivity contribution in [2.45, 2.75) is 50.0 Å². The lowest BCUT2D eigenvalue weighted by atomic mass is 10.1. The number of hydrogen-bond acceptors (Lipinski definition) is 4. The molecule has 0 aliphatic carbocycles. The van der Waals surface area contributed by atoms with Crippen LogP contribution in [-0.4, -0.2) is 55.0 Å². The van der Waals surface area contributed by atoms with E-state index in [1.807, 2.05) is 6.92 Å². The number of hydrogen-bond donors (Lipinski definition) is 0. The first kappa shape index (κ1) is 18.1. The first-order valence-electron chi connectivity index (χ1n) is 8.82. The zero-order chi connectivity index (χ0) is 18.0. The summed E-state index contributed by atoms with van der Waals surface area (Å²) in [6, 6.07) is 6.17. The Kier molecular flexibility index (Phi) is 5.24. The maximum Gasteiger partial charge on any atom is 0.253 e. The Morgan fingerprint density at radius 1 is 1.04 bits per heavy atom. The monoisotopic (exact) mass is 364 g/mol. The van der Waals surface area contributed by atoms with Crippen LogP contribution >= 0.6 is 0 Å². The van der Waals surface area contributed by atoms with E-state index in [0.29, 0.717) is 38.0 Å². The van der Waals surface area contributed by atoms with Crippen LogP contribution in [0.3, 0.4) is 0 Å². The molecule has 1 atom stereocenters. The van der Waals surface area contributed by atoms with Gasteiger partial charge in [0.05, 0.1) is 4.90 Å². The lowest BCUT2D eigenvalue weighted by molar-refractivity contribution is -0.120. The minimum Gasteiger partial charge on any atom is -0.338 e. The molecule has 0 unspecified atom stereocenters. The maximum absolute atomic E-state index is 12.8. The third kappa shape index (κ3) is 3.77. The van der Waals surface area contributed by atoms with Crippen LogP contribution in [0.5, 0.6) is 0 Å². The van der Waals surface area contributed by atoms with Crippen LogP contribution in [0.15, 0.2) is 29.2 Å². The van der Waals surface area contributed by atoms with E-state index in [1.54, 1.807) is 21.3 Å². The summed E-state index contributed by atoms with van der Waals surface area (Å²) in [5, 5.41) is 0. The highest BCUT2D eigenvalue weighted by Crippen LogP contribution is 2.25. The van der Waals surface area contributed by atoms with E-state index in [0.717, 1.165) is 19.3 Å². The standard InChI is InChI=1S/C18H24N2O4S/c1-14-4-2-3-11-20(14)25(23,24)17-7-5-15(6-8-17)18(22)19-12-9-16(21)10-13-19/h5-8,14H,2-4,9-13H2,1H3/t14-/m1/s1. The minimum absolute atomic E-state index is 0.00550. The van der Waals surface area contributed by atoms with Crippen molar-refractivity contribution in [3.63, 3.8) is 0 Å². The SMILES string of the molecule is C[C@@H]1CCCCN1S(=O)(=O)c1ccc(C(=O)N2CCC(=O)CC2)cc1. The minimum atomic E-state index is -3.52. The molecule has 0 bridgehead atoms. The second-order valence-corrected chi connectivity index (χ2v) is 8.71. The van der Waals surface area contributed by atoms with E-state index in [1.165, 1.54) is 12.1 Å². The van der Waals surface area contributed by atoms with Crippen molar-refractivity contribution >= 4 is 21.7 Å². The van der Waals surface area contributed by atoms with Crippen molar-refractivity contribution in [1.82, 2.24) is 9.21 Å². The van der Waals surface area contributed by atoms with Gasteiger partial charge in [-0.05, 0) is 44.0 Å². The molecule has 3 rings (SSSR count). The molecule has 7 heteroatoms. The smallest absolute Gasteiger partial charge is 0.253 e. The topological polar surface area (TPSA) is 74.8 Å². The van der Waals surface area contributed by atoms with Crippen LogP contribution in [0.2, 0.25) is 0 Å². The lowest BCUT2D eigenvalue weighted by Crippen LogP contribution is -2.42. The summed E-state index contributed by atoms with van der Waals surface area (Å²) >= 11 is 0. The molecule has 1 amide bonds. The highest BCUT2D eigenvalue weighted by atomic mass is 32.2. The number of piperidine rings is 2. The van der Waals surface area contributed by atoms with E-state index in [-0.39, 0.29) is 22.6 Å². The van der Waals surface area contributed by atoms with Gasteiger partial charge >= 0.3 is 0 Å². The van der Waals surface area contributed by atoms with Gasteiger partial charge < -0.3 is 4.90 Å². The number of nitrogens with zero attached hydrogens (tertiary/aromatic N) is 2. The molecule has 0 aromatic heterocycles. The van der Waals surface area contributed by atoms with Crippen molar-refractivity contribution < 1.29 is 18.0 Å². The van der Waals surface area contributed by atoms with Crippen LogP contribution in [0.1, 0.15) is 49.4 Å². The summed E-state index contributed by atoms with van der Waals surface area (Å²) in [5.41, 5.74) is 0.458. The van der Waals surface area contributed by atoms with E-state index >= 15 is 0 Å². The van der Waals surface area contributed by atoms with Crippen molar-refractivity contribution in [2.24, 2.45) is 0 Å². The van der Waals surface area contributed by atoms with Crippen molar-refractivity contribution in [1.29, 1.82) is 0 Å². The zero-order valence-electron chi connectivity index (χ0n) is 14.5. The Balaban J connectivity index is 1.75. The molecule has 136 valence electrons. The fourth-order valence-electron chi connectivity index (χ4n) is 3.48. The molecule has 0 saturated carbocycles. The molecule has 2 heterocycles. The number of amides is 1. The lowest BCUT2D eigenvalue weighted by Gasteiger charge is -2.32. The van der Waals surface area contributed by atoms with E-state index in [4.69, 9.17) is 0 Å². The largest absolute Gasteiger partial charge is 0.338 e. The number of sulfonamides is 1. The third-order valence-electron chi connectivity index (χ3n) is 5.06. The molecule has 0 spiro atoms. The van der Waals surface area contributed by atoms with Crippen molar-refractivity contribution in [3.05, 3.63) is 29.8 Å². The quantitative estimate of drug-likeness (QED) is 0.823. The molecule has 0 radical (unpaired) electrons. The Morgan fingerprint density at radius 3 is 2.28 bits per heavy atom. The van der Waals surface area contributed by atoms with Crippen LogP contribution in [-0.2, 0) is 14.8 Å². The molecule has 2 saturated heterocycles. The predicted octanol–water partition coefficient (Wildman–Crippen LogP) is 2.05. The van der Waals surface area contributed by atoms with Gasteiger partial charge in [0, 0.05) is 44.1 Å². The summed E-state index contributed by atoms with van der Waals surface area (Å²) in [4.78, 5) is 25.6. The molecule has 6 nitrogen and oxygen atoms in total. The van der Waals surface area contributed by atoms with Gasteiger partial charge in [-0.3, -0.25) is 9.59 Å². The number of Topliss-reactive ketones (excluding diaryl/α,β-unsaturated/α-hetero) is 1. The van der Waals surface area contributed by atoms with Gasteiger partial charge in [0.2, 0.25) is 10.0 Å². The molecule has 1 aromatic carbocycles. The van der Waals surface area contributed by atoms with Gasteiger partial charge in [0.25, 0.3) is 5.91 Å². The van der Waals surface area contributed by atoms with Gasteiger partial charge in [0.15, 0.2) is 0 Å². The summed E-state index contributed by atoms with van der Waals surface area (Å²) in [6.07, 6.45) is 3.60. The molecule has 25 heavy (non-hydrogen) atoms. The second kappa shape index (κ2) is 7.25.